The predicted molar refractivity (Wildman–Crippen MR) is 151 cm³/mol. The number of aromatic hydroxyl groups is 1. The molecule has 3 nitrogen and oxygen atoms in total. The maximum atomic E-state index is 11.7. The third-order valence-corrected chi connectivity index (χ3v) is 6.80. The van der Waals surface area contributed by atoms with Crippen LogP contribution in [0.25, 0.3) is 6.08 Å². The van der Waals surface area contributed by atoms with E-state index in [1.54, 1.807) is 30.3 Å². The summed E-state index contributed by atoms with van der Waals surface area (Å²) in [4.78, 5) is 11.7. The lowest BCUT2D eigenvalue weighted by atomic mass is 10.0. The number of esters is 1. The topological polar surface area (TPSA) is 46.5 Å². The highest BCUT2D eigenvalue weighted by Gasteiger charge is 1.99. The molecule has 0 unspecified atom stereocenters. The summed E-state index contributed by atoms with van der Waals surface area (Å²) in [6.45, 7) is 2.79. The second kappa shape index (κ2) is 23.9. The number of benzene rings is 1. The maximum Gasteiger partial charge on any atom is 0.330 e. The highest BCUT2D eigenvalue weighted by atomic mass is 16.5. The predicted octanol–water partition coefficient (Wildman–Crippen LogP) is 10.2. The van der Waals surface area contributed by atoms with E-state index in [4.69, 9.17) is 4.74 Å². The Kier molecular flexibility index (Phi) is 21.4. The largest absolute Gasteiger partial charge is 0.508 e. The molecule has 0 radical (unpaired) electrons. The van der Waals surface area contributed by atoms with Crippen molar-refractivity contribution >= 4 is 12.0 Å². The number of hydrogen-bond donors (Lipinski definition) is 1. The zero-order valence-corrected chi connectivity index (χ0v) is 22.8. The first-order chi connectivity index (χ1) is 17.2. The van der Waals surface area contributed by atoms with Gasteiger partial charge in [0.25, 0.3) is 0 Å². The van der Waals surface area contributed by atoms with Gasteiger partial charge in [0.05, 0.1) is 6.61 Å². The normalized spacial score (nSPS) is 11.3. The molecule has 0 aliphatic carbocycles. The molecule has 0 saturated carbocycles. The van der Waals surface area contributed by atoms with Crippen LogP contribution in [0.3, 0.4) is 0 Å². The molecule has 0 spiro atoms. The van der Waals surface area contributed by atoms with Gasteiger partial charge in [-0.25, -0.2) is 4.79 Å². The molecule has 200 valence electrons. The molecule has 0 aliphatic heterocycles. The summed E-state index contributed by atoms with van der Waals surface area (Å²) in [7, 11) is 0. The molecule has 0 saturated heterocycles. The van der Waals surface area contributed by atoms with Crippen LogP contribution < -0.4 is 0 Å². The molecule has 1 aromatic carbocycles. The molecule has 0 aliphatic rings. The van der Waals surface area contributed by atoms with E-state index in [0.29, 0.717) is 6.61 Å². The first-order valence-electron chi connectivity index (χ1n) is 14.9. The summed E-state index contributed by atoms with van der Waals surface area (Å²) >= 11 is 0. The van der Waals surface area contributed by atoms with Crippen molar-refractivity contribution in [3.05, 3.63) is 35.9 Å². The summed E-state index contributed by atoms with van der Waals surface area (Å²) in [5, 5.41) is 9.26. The van der Waals surface area contributed by atoms with Gasteiger partial charge in [-0.3, -0.25) is 0 Å². The van der Waals surface area contributed by atoms with Crippen LogP contribution in [0.4, 0.5) is 0 Å². The molecule has 0 amide bonds. The van der Waals surface area contributed by atoms with Crippen molar-refractivity contribution in [1.29, 1.82) is 0 Å². The van der Waals surface area contributed by atoms with E-state index >= 15 is 0 Å². The minimum Gasteiger partial charge on any atom is -0.508 e. The van der Waals surface area contributed by atoms with Crippen molar-refractivity contribution < 1.29 is 14.6 Å². The third-order valence-electron chi connectivity index (χ3n) is 6.80. The Hall–Kier alpha value is -1.77. The zero-order chi connectivity index (χ0) is 25.2. The Morgan fingerprint density at radius 1 is 0.629 bits per heavy atom. The molecule has 1 rings (SSSR count). The summed E-state index contributed by atoms with van der Waals surface area (Å²) < 4.78 is 5.25. The lowest BCUT2D eigenvalue weighted by molar-refractivity contribution is -0.137. The molecule has 1 aromatic rings. The minimum absolute atomic E-state index is 0.222. The Balaban J connectivity index is 1.74. The zero-order valence-electron chi connectivity index (χ0n) is 22.8. The Labute approximate surface area is 216 Å². The number of phenols is 1. The summed E-state index contributed by atoms with van der Waals surface area (Å²) in [5.74, 6) is -0.0780. The van der Waals surface area contributed by atoms with Gasteiger partial charge in [0.1, 0.15) is 5.75 Å². The van der Waals surface area contributed by atoms with Gasteiger partial charge < -0.3 is 9.84 Å². The standard InChI is InChI=1S/C32H54O3/c1-2-3-4-5-6-7-8-9-10-11-12-13-14-15-16-17-18-19-20-21-22-29-35-32(34)28-25-30-23-26-31(33)27-24-30/h23-28,33H,2-22,29H2,1H3. The Bertz CT molecular complexity index is 620. The van der Waals surface area contributed by atoms with E-state index in [9.17, 15) is 9.90 Å². The fraction of sp³-hybridized carbons (Fsp3) is 0.719. The van der Waals surface area contributed by atoms with Gasteiger partial charge >= 0.3 is 5.97 Å². The number of carbonyl (C=O) groups excluding carboxylic acids is 1. The van der Waals surface area contributed by atoms with Crippen molar-refractivity contribution in [2.24, 2.45) is 0 Å². The monoisotopic (exact) mass is 486 g/mol. The SMILES string of the molecule is CCCCCCCCCCCCCCCCCCCCCCCOC(=O)C=Cc1ccc(O)cc1. The van der Waals surface area contributed by atoms with Gasteiger partial charge in [-0.05, 0) is 30.2 Å². The van der Waals surface area contributed by atoms with Crippen molar-refractivity contribution in [2.45, 2.75) is 142 Å². The molecular formula is C32H54O3. The van der Waals surface area contributed by atoms with Crippen LogP contribution in [0, 0.1) is 0 Å². The first kappa shape index (κ1) is 31.3. The van der Waals surface area contributed by atoms with Crippen molar-refractivity contribution in [3.8, 4) is 5.75 Å². The van der Waals surface area contributed by atoms with E-state index in [-0.39, 0.29) is 11.7 Å². The fourth-order valence-electron chi connectivity index (χ4n) is 4.50. The first-order valence-corrected chi connectivity index (χ1v) is 14.9. The lowest BCUT2D eigenvalue weighted by Gasteiger charge is -2.04. The van der Waals surface area contributed by atoms with E-state index in [1.165, 1.54) is 128 Å². The summed E-state index contributed by atoms with van der Waals surface area (Å²) in [6.07, 6.45) is 31.9. The van der Waals surface area contributed by atoms with Crippen LogP contribution in [0.15, 0.2) is 30.3 Å². The molecule has 0 heterocycles. The van der Waals surface area contributed by atoms with Crippen molar-refractivity contribution in [3.63, 3.8) is 0 Å². The van der Waals surface area contributed by atoms with Gasteiger partial charge in [-0.15, -0.1) is 0 Å². The number of ether oxygens (including phenoxy) is 1. The van der Waals surface area contributed by atoms with Crippen molar-refractivity contribution in [1.82, 2.24) is 0 Å². The Morgan fingerprint density at radius 2 is 1.00 bits per heavy atom. The van der Waals surface area contributed by atoms with Crippen LogP contribution in [-0.4, -0.2) is 17.7 Å². The molecule has 0 fully saturated rings. The molecular weight excluding hydrogens is 432 g/mol. The quantitative estimate of drug-likeness (QED) is 0.0898. The van der Waals surface area contributed by atoms with E-state index in [2.05, 4.69) is 6.92 Å². The van der Waals surface area contributed by atoms with Gasteiger partial charge in [0, 0.05) is 6.08 Å². The maximum absolute atomic E-state index is 11.7. The summed E-state index contributed by atoms with van der Waals surface area (Å²) in [5.41, 5.74) is 0.869. The van der Waals surface area contributed by atoms with Crippen LogP contribution in [0.5, 0.6) is 5.75 Å². The number of rotatable bonds is 24. The molecule has 3 heteroatoms. The van der Waals surface area contributed by atoms with Crippen LogP contribution in [-0.2, 0) is 9.53 Å². The van der Waals surface area contributed by atoms with Gasteiger partial charge in [-0.1, -0.05) is 147 Å². The van der Waals surface area contributed by atoms with E-state index in [0.717, 1.165) is 18.4 Å². The highest BCUT2D eigenvalue weighted by molar-refractivity contribution is 5.87. The second-order valence-corrected chi connectivity index (χ2v) is 10.2. The number of hydrogen-bond acceptors (Lipinski definition) is 3. The van der Waals surface area contributed by atoms with Gasteiger partial charge in [0.15, 0.2) is 0 Å². The summed E-state index contributed by atoms with van der Waals surface area (Å²) in [6, 6.07) is 6.73. The van der Waals surface area contributed by atoms with E-state index in [1.807, 2.05) is 0 Å². The number of phenolic OH excluding ortho intramolecular Hbond substituents is 1. The molecule has 0 aromatic heterocycles. The second-order valence-electron chi connectivity index (χ2n) is 10.2. The molecule has 35 heavy (non-hydrogen) atoms. The van der Waals surface area contributed by atoms with Crippen molar-refractivity contribution in [2.75, 3.05) is 6.61 Å². The lowest BCUT2D eigenvalue weighted by Crippen LogP contribution is -2.02. The minimum atomic E-state index is -0.300. The average molecular weight is 487 g/mol. The molecule has 1 N–H and O–H groups in total. The average Bonchev–Trinajstić information content (AvgIpc) is 2.86. The smallest absolute Gasteiger partial charge is 0.330 e. The van der Waals surface area contributed by atoms with Crippen LogP contribution >= 0.6 is 0 Å². The number of unbranched alkanes of at least 4 members (excludes halogenated alkanes) is 20. The van der Waals surface area contributed by atoms with E-state index < -0.39 is 0 Å². The highest BCUT2D eigenvalue weighted by Crippen LogP contribution is 2.15. The number of carbonyl (C=O) groups is 1. The van der Waals surface area contributed by atoms with Gasteiger partial charge in [0.2, 0.25) is 0 Å². The molecule has 0 atom stereocenters. The van der Waals surface area contributed by atoms with Crippen LogP contribution in [0.1, 0.15) is 147 Å². The van der Waals surface area contributed by atoms with Gasteiger partial charge in [-0.2, -0.15) is 0 Å². The third kappa shape index (κ3) is 21.2. The Morgan fingerprint density at radius 3 is 1.40 bits per heavy atom. The fourth-order valence-corrected chi connectivity index (χ4v) is 4.50. The molecule has 0 bridgehead atoms. The van der Waals surface area contributed by atoms with Crippen LogP contribution in [0.2, 0.25) is 0 Å².